The van der Waals surface area contributed by atoms with Gasteiger partial charge in [-0.05, 0) is 6.07 Å². The van der Waals surface area contributed by atoms with Gasteiger partial charge in [-0.25, -0.2) is 15.0 Å². The van der Waals surface area contributed by atoms with E-state index in [0.717, 1.165) is 26.7 Å². The minimum atomic E-state index is 0.533. The second-order valence-corrected chi connectivity index (χ2v) is 4.40. The zero-order valence-corrected chi connectivity index (χ0v) is 9.69. The number of hydrogen-bond donors (Lipinski definition) is 0. The van der Waals surface area contributed by atoms with Gasteiger partial charge in [0.05, 0.1) is 12.6 Å². The van der Waals surface area contributed by atoms with E-state index >= 15 is 0 Å². The van der Waals surface area contributed by atoms with Crippen LogP contribution in [-0.2, 0) is 0 Å². The summed E-state index contributed by atoms with van der Waals surface area (Å²) >= 11 is 1.46. The third-order valence-corrected chi connectivity index (χ3v) is 3.52. The van der Waals surface area contributed by atoms with E-state index < -0.39 is 0 Å². The zero-order valence-electron chi connectivity index (χ0n) is 8.88. The van der Waals surface area contributed by atoms with Gasteiger partial charge in [0.15, 0.2) is 6.29 Å². The molecule has 0 spiro atoms. The van der Waals surface area contributed by atoms with E-state index in [1.54, 1.807) is 19.4 Å². The lowest BCUT2D eigenvalue weighted by Gasteiger charge is -1.97. The van der Waals surface area contributed by atoms with Gasteiger partial charge in [0.2, 0.25) is 5.88 Å². The Hall–Kier alpha value is -2.08. The molecule has 6 heteroatoms. The lowest BCUT2D eigenvalue weighted by atomic mass is 10.2. The average molecular weight is 245 g/mol. The van der Waals surface area contributed by atoms with E-state index in [0.29, 0.717) is 11.4 Å². The van der Waals surface area contributed by atoms with Gasteiger partial charge in [-0.2, -0.15) is 0 Å². The molecule has 0 amide bonds. The molecule has 0 saturated heterocycles. The van der Waals surface area contributed by atoms with Crippen molar-refractivity contribution in [1.29, 1.82) is 0 Å². The first-order valence-electron chi connectivity index (χ1n) is 4.86. The molecular weight excluding hydrogens is 238 g/mol. The van der Waals surface area contributed by atoms with E-state index in [2.05, 4.69) is 15.0 Å². The van der Waals surface area contributed by atoms with Crippen LogP contribution in [0.4, 0.5) is 0 Å². The van der Waals surface area contributed by atoms with Crippen LogP contribution in [0.5, 0.6) is 5.88 Å². The summed E-state index contributed by atoms with van der Waals surface area (Å²) in [4.78, 5) is 24.0. The number of thiophene rings is 1. The molecule has 0 unspecified atom stereocenters. The van der Waals surface area contributed by atoms with Crippen molar-refractivity contribution in [2.45, 2.75) is 0 Å². The number of carbonyl (C=O) groups excluding carboxylic acids is 1. The molecule has 3 rings (SSSR count). The van der Waals surface area contributed by atoms with Gasteiger partial charge in [0, 0.05) is 17.1 Å². The van der Waals surface area contributed by atoms with Crippen molar-refractivity contribution in [1.82, 2.24) is 15.0 Å². The quantitative estimate of drug-likeness (QED) is 0.646. The standard InChI is InChI=1S/C11H7N3O2S/c1-16-10-9-8(13-5-14-10)7-2-6(4-15)3-12-11(7)17-9/h2-5H,1H3. The van der Waals surface area contributed by atoms with Crippen LogP contribution >= 0.6 is 11.3 Å². The highest BCUT2D eigenvalue weighted by Gasteiger charge is 2.12. The minimum Gasteiger partial charge on any atom is -0.480 e. The Balaban J connectivity index is 2.46. The molecule has 0 atom stereocenters. The van der Waals surface area contributed by atoms with Crippen molar-refractivity contribution in [2.24, 2.45) is 0 Å². The second kappa shape index (κ2) is 3.74. The van der Waals surface area contributed by atoms with Crippen LogP contribution in [0.15, 0.2) is 18.6 Å². The summed E-state index contributed by atoms with van der Waals surface area (Å²) in [5.74, 6) is 0.533. The third kappa shape index (κ3) is 1.45. The third-order valence-electron chi connectivity index (χ3n) is 2.43. The van der Waals surface area contributed by atoms with Crippen LogP contribution in [0, 0.1) is 0 Å². The first-order chi connectivity index (χ1) is 8.33. The lowest BCUT2D eigenvalue weighted by molar-refractivity contribution is 0.112. The molecule has 3 aromatic heterocycles. The number of methoxy groups -OCH3 is 1. The second-order valence-electron chi connectivity index (χ2n) is 3.40. The van der Waals surface area contributed by atoms with Crippen molar-refractivity contribution in [3.05, 3.63) is 24.2 Å². The zero-order chi connectivity index (χ0) is 11.8. The number of ether oxygens (including phenoxy) is 1. The Morgan fingerprint density at radius 3 is 3.00 bits per heavy atom. The summed E-state index contributed by atoms with van der Waals surface area (Å²) in [6.45, 7) is 0. The first kappa shape index (κ1) is 10.1. The molecule has 5 nitrogen and oxygen atoms in total. The molecule has 0 aliphatic heterocycles. The van der Waals surface area contributed by atoms with Gasteiger partial charge < -0.3 is 4.74 Å². The normalized spacial score (nSPS) is 10.9. The predicted molar refractivity (Wildman–Crippen MR) is 64.7 cm³/mol. The van der Waals surface area contributed by atoms with Gasteiger partial charge >= 0.3 is 0 Å². The number of hydrogen-bond acceptors (Lipinski definition) is 6. The number of pyridine rings is 1. The molecule has 0 saturated carbocycles. The number of fused-ring (bicyclic) bond motifs is 3. The van der Waals surface area contributed by atoms with Gasteiger partial charge in [-0.15, -0.1) is 11.3 Å². The Morgan fingerprint density at radius 2 is 2.24 bits per heavy atom. The molecule has 3 heterocycles. The Labute approximate surface area is 100 Å². The molecule has 0 N–H and O–H groups in total. The molecule has 0 aromatic carbocycles. The molecule has 0 radical (unpaired) electrons. The van der Waals surface area contributed by atoms with E-state index in [9.17, 15) is 4.79 Å². The minimum absolute atomic E-state index is 0.533. The molecule has 3 aromatic rings. The molecule has 84 valence electrons. The predicted octanol–water partition coefficient (Wildman–Crippen LogP) is 2.06. The van der Waals surface area contributed by atoms with Crippen molar-refractivity contribution in [3.63, 3.8) is 0 Å². The number of carbonyl (C=O) groups is 1. The fourth-order valence-corrected chi connectivity index (χ4v) is 2.71. The molecule has 17 heavy (non-hydrogen) atoms. The van der Waals surface area contributed by atoms with Gasteiger partial charge in [-0.3, -0.25) is 4.79 Å². The van der Waals surface area contributed by atoms with Crippen molar-refractivity contribution >= 4 is 38.1 Å². The van der Waals surface area contributed by atoms with E-state index in [1.165, 1.54) is 17.7 Å². The molecular formula is C11H7N3O2S. The van der Waals surface area contributed by atoms with Crippen LogP contribution in [0.3, 0.4) is 0 Å². The lowest BCUT2D eigenvalue weighted by Crippen LogP contribution is -1.88. The number of aldehydes is 1. The fraction of sp³-hybridized carbons (Fsp3) is 0.0909. The van der Waals surface area contributed by atoms with Gasteiger partial charge in [-0.1, -0.05) is 0 Å². The number of rotatable bonds is 2. The summed E-state index contributed by atoms with van der Waals surface area (Å²) in [5, 5.41) is 0.857. The molecule has 0 aliphatic rings. The maximum absolute atomic E-state index is 10.7. The van der Waals surface area contributed by atoms with Crippen LogP contribution in [0.2, 0.25) is 0 Å². The van der Waals surface area contributed by atoms with Crippen molar-refractivity contribution in [2.75, 3.05) is 7.11 Å². The van der Waals surface area contributed by atoms with Gasteiger partial charge in [0.1, 0.15) is 15.9 Å². The number of aromatic nitrogens is 3. The van der Waals surface area contributed by atoms with E-state index in [1.807, 2.05) is 0 Å². The monoisotopic (exact) mass is 245 g/mol. The Morgan fingerprint density at radius 1 is 1.35 bits per heavy atom. The van der Waals surface area contributed by atoms with Crippen molar-refractivity contribution in [3.8, 4) is 5.88 Å². The summed E-state index contributed by atoms with van der Waals surface area (Å²) in [6.07, 6.45) is 3.76. The molecule has 0 aliphatic carbocycles. The highest BCUT2D eigenvalue weighted by atomic mass is 32.1. The topological polar surface area (TPSA) is 65.0 Å². The summed E-state index contributed by atoms with van der Waals surface area (Å²) in [6, 6.07) is 1.78. The van der Waals surface area contributed by atoms with Crippen LogP contribution in [0.1, 0.15) is 10.4 Å². The smallest absolute Gasteiger partial charge is 0.234 e. The first-order valence-corrected chi connectivity index (χ1v) is 5.67. The SMILES string of the molecule is COc1ncnc2c1sc1ncc(C=O)cc12. The molecule has 0 bridgehead atoms. The maximum atomic E-state index is 10.7. The summed E-state index contributed by atoms with van der Waals surface area (Å²) in [7, 11) is 1.57. The highest BCUT2D eigenvalue weighted by molar-refractivity contribution is 7.25. The Kier molecular flexibility index (Phi) is 2.22. The maximum Gasteiger partial charge on any atom is 0.234 e. The van der Waals surface area contributed by atoms with E-state index in [4.69, 9.17) is 4.74 Å². The average Bonchev–Trinajstić information content (AvgIpc) is 2.76. The van der Waals surface area contributed by atoms with Crippen LogP contribution < -0.4 is 4.74 Å². The van der Waals surface area contributed by atoms with Crippen LogP contribution in [0.25, 0.3) is 20.4 Å². The van der Waals surface area contributed by atoms with E-state index in [-0.39, 0.29) is 0 Å². The summed E-state index contributed by atoms with van der Waals surface area (Å²) < 4.78 is 6.02. The molecule has 0 fully saturated rings. The van der Waals surface area contributed by atoms with Crippen LogP contribution in [-0.4, -0.2) is 28.3 Å². The number of nitrogens with zero attached hydrogens (tertiary/aromatic N) is 3. The van der Waals surface area contributed by atoms with Gasteiger partial charge in [0.25, 0.3) is 0 Å². The fourth-order valence-electron chi connectivity index (χ4n) is 1.67. The van der Waals surface area contributed by atoms with Crippen molar-refractivity contribution < 1.29 is 9.53 Å². The Bertz CT molecular complexity index is 723. The highest BCUT2D eigenvalue weighted by Crippen LogP contribution is 2.35. The largest absolute Gasteiger partial charge is 0.480 e. The summed E-state index contributed by atoms with van der Waals surface area (Å²) in [5.41, 5.74) is 1.31.